The van der Waals surface area contributed by atoms with E-state index in [9.17, 15) is 14.4 Å². The third-order valence-corrected chi connectivity index (χ3v) is 5.69. The number of hydrogen-bond donors (Lipinski definition) is 1. The Labute approximate surface area is 184 Å². The van der Waals surface area contributed by atoms with Gasteiger partial charge in [-0.3, -0.25) is 4.79 Å². The number of allylic oxidation sites excluding steroid dienone is 1. The average molecular weight is 431 g/mol. The second-order valence-electron chi connectivity index (χ2n) is 7.56. The Morgan fingerprint density at radius 1 is 1.22 bits per heavy atom. The van der Waals surface area contributed by atoms with Crippen LogP contribution in [0.4, 0.5) is 4.39 Å². The molecular formula is C25H22FN3O3. The molecule has 0 saturated heterocycles. The minimum Gasteiger partial charge on any atom is -0.497 e. The fraction of sp³-hybridized carbons (Fsp3) is 0.200. The van der Waals surface area contributed by atoms with Gasteiger partial charge in [-0.15, -0.1) is 0 Å². The number of nitriles is 1. The van der Waals surface area contributed by atoms with E-state index < -0.39 is 11.7 Å². The standard InChI is InChI=1S/C25H22FN3O3/c1-15-13-21-23(25(30)29(15)12-11-16-7-9-17(31-2)10-8-16)22(19(14-27)24(28)32-21)18-5-3-4-6-20(18)26/h3-10,13,22H,11-12,28H2,1-2H3. The second-order valence-corrected chi connectivity index (χ2v) is 7.56. The minimum absolute atomic E-state index is 0.0188. The summed E-state index contributed by atoms with van der Waals surface area (Å²) in [6.45, 7) is 2.21. The van der Waals surface area contributed by atoms with Gasteiger partial charge in [-0.05, 0) is 37.1 Å². The SMILES string of the molecule is COc1ccc(CCn2c(C)cc3c(c2=O)C(c2ccccc2F)C(C#N)=C(N)O3)cc1. The first-order chi connectivity index (χ1) is 15.4. The molecule has 1 aliphatic heterocycles. The number of benzene rings is 2. The molecule has 2 N–H and O–H groups in total. The van der Waals surface area contributed by atoms with E-state index in [1.807, 2.05) is 30.3 Å². The summed E-state index contributed by atoms with van der Waals surface area (Å²) in [5.74, 6) is -0.573. The van der Waals surface area contributed by atoms with Gasteiger partial charge in [0, 0.05) is 23.9 Å². The molecule has 0 aliphatic carbocycles. The molecule has 162 valence electrons. The zero-order valence-corrected chi connectivity index (χ0v) is 17.8. The molecule has 0 fully saturated rings. The lowest BCUT2D eigenvalue weighted by molar-refractivity contribution is 0.387. The molecule has 3 aromatic rings. The second kappa shape index (κ2) is 8.60. The zero-order chi connectivity index (χ0) is 22.8. The average Bonchev–Trinajstić information content (AvgIpc) is 2.79. The quantitative estimate of drug-likeness (QED) is 0.664. The molecule has 1 aliphatic rings. The molecule has 2 heterocycles. The number of rotatable bonds is 5. The highest BCUT2D eigenvalue weighted by molar-refractivity contribution is 5.55. The first kappa shape index (κ1) is 21.2. The van der Waals surface area contributed by atoms with Gasteiger partial charge in [0.2, 0.25) is 5.88 Å². The number of ether oxygens (including phenoxy) is 2. The lowest BCUT2D eigenvalue weighted by atomic mass is 9.83. The van der Waals surface area contributed by atoms with Gasteiger partial charge in [0.25, 0.3) is 5.56 Å². The Balaban J connectivity index is 1.79. The zero-order valence-electron chi connectivity index (χ0n) is 17.8. The molecular weight excluding hydrogens is 409 g/mol. The number of nitrogens with two attached hydrogens (primary N) is 1. The molecule has 0 bridgehead atoms. The number of aromatic nitrogens is 1. The van der Waals surface area contributed by atoms with Crippen molar-refractivity contribution in [2.75, 3.05) is 7.11 Å². The van der Waals surface area contributed by atoms with E-state index in [1.165, 1.54) is 6.07 Å². The van der Waals surface area contributed by atoms with Crippen LogP contribution in [0.15, 0.2) is 70.8 Å². The molecule has 1 aromatic heterocycles. The Morgan fingerprint density at radius 3 is 2.59 bits per heavy atom. The van der Waals surface area contributed by atoms with Crippen LogP contribution in [-0.2, 0) is 13.0 Å². The monoisotopic (exact) mass is 431 g/mol. The summed E-state index contributed by atoms with van der Waals surface area (Å²) in [5, 5.41) is 9.71. The predicted octanol–water partition coefficient (Wildman–Crippen LogP) is 3.77. The summed E-state index contributed by atoms with van der Waals surface area (Å²) in [5.41, 5.74) is 7.80. The molecule has 0 spiro atoms. The topological polar surface area (TPSA) is 90.3 Å². The van der Waals surface area contributed by atoms with Gasteiger partial charge in [-0.1, -0.05) is 30.3 Å². The first-order valence-corrected chi connectivity index (χ1v) is 10.1. The molecule has 0 saturated carbocycles. The summed E-state index contributed by atoms with van der Waals surface area (Å²) in [4.78, 5) is 13.6. The molecule has 1 atom stereocenters. The van der Waals surface area contributed by atoms with Crippen molar-refractivity contribution in [3.8, 4) is 17.6 Å². The van der Waals surface area contributed by atoms with Gasteiger partial charge in [-0.2, -0.15) is 5.26 Å². The molecule has 32 heavy (non-hydrogen) atoms. The van der Waals surface area contributed by atoms with Crippen LogP contribution in [0.3, 0.4) is 0 Å². The largest absolute Gasteiger partial charge is 0.497 e. The van der Waals surface area contributed by atoms with Crippen LogP contribution in [0.1, 0.15) is 28.3 Å². The van der Waals surface area contributed by atoms with Crippen LogP contribution in [0.2, 0.25) is 0 Å². The summed E-state index contributed by atoms with van der Waals surface area (Å²) >= 11 is 0. The maximum atomic E-state index is 14.7. The summed E-state index contributed by atoms with van der Waals surface area (Å²) in [6.07, 6.45) is 0.609. The van der Waals surface area contributed by atoms with Gasteiger partial charge in [-0.25, -0.2) is 4.39 Å². The van der Waals surface area contributed by atoms with E-state index in [0.29, 0.717) is 18.7 Å². The lowest BCUT2D eigenvalue weighted by Crippen LogP contribution is -2.33. The van der Waals surface area contributed by atoms with Crippen molar-refractivity contribution in [3.05, 3.63) is 105 Å². The number of halogens is 1. The third kappa shape index (κ3) is 3.71. The molecule has 0 amide bonds. The number of aryl methyl sites for hydroxylation is 2. The van der Waals surface area contributed by atoms with Crippen molar-refractivity contribution in [2.45, 2.75) is 25.8 Å². The van der Waals surface area contributed by atoms with Gasteiger partial charge >= 0.3 is 0 Å². The summed E-state index contributed by atoms with van der Waals surface area (Å²) in [7, 11) is 1.61. The summed E-state index contributed by atoms with van der Waals surface area (Å²) in [6, 6.07) is 17.4. The van der Waals surface area contributed by atoms with Gasteiger partial charge < -0.3 is 19.8 Å². The van der Waals surface area contributed by atoms with E-state index in [-0.39, 0.29) is 33.9 Å². The Bertz CT molecular complexity index is 1300. The third-order valence-electron chi connectivity index (χ3n) is 5.69. The lowest BCUT2D eigenvalue weighted by Gasteiger charge is -2.27. The van der Waals surface area contributed by atoms with Gasteiger partial charge in [0.05, 0.1) is 18.6 Å². The fourth-order valence-electron chi connectivity index (χ4n) is 4.02. The van der Waals surface area contributed by atoms with Crippen molar-refractivity contribution in [1.82, 2.24) is 4.57 Å². The molecule has 7 heteroatoms. The number of nitrogens with zero attached hydrogens (tertiary/aromatic N) is 2. The maximum absolute atomic E-state index is 14.7. The van der Waals surface area contributed by atoms with Crippen LogP contribution < -0.4 is 20.8 Å². The van der Waals surface area contributed by atoms with Crippen molar-refractivity contribution in [1.29, 1.82) is 5.26 Å². The maximum Gasteiger partial charge on any atom is 0.258 e. The number of pyridine rings is 1. The number of methoxy groups -OCH3 is 1. The van der Waals surface area contributed by atoms with E-state index in [4.69, 9.17) is 15.2 Å². The number of fused-ring (bicyclic) bond motifs is 1. The van der Waals surface area contributed by atoms with Crippen LogP contribution in [0.25, 0.3) is 0 Å². The van der Waals surface area contributed by atoms with E-state index in [1.54, 1.807) is 42.9 Å². The molecule has 4 rings (SSSR count). The fourth-order valence-corrected chi connectivity index (χ4v) is 4.02. The number of hydrogen-bond acceptors (Lipinski definition) is 5. The van der Waals surface area contributed by atoms with Gasteiger partial charge in [0.15, 0.2) is 0 Å². The van der Waals surface area contributed by atoms with Crippen LogP contribution in [0.5, 0.6) is 11.5 Å². The summed E-state index contributed by atoms with van der Waals surface area (Å²) < 4.78 is 27.1. The normalized spacial score (nSPS) is 15.0. The molecule has 6 nitrogen and oxygen atoms in total. The van der Waals surface area contributed by atoms with Gasteiger partial charge in [0.1, 0.15) is 29.0 Å². The van der Waals surface area contributed by atoms with E-state index in [0.717, 1.165) is 11.3 Å². The predicted molar refractivity (Wildman–Crippen MR) is 118 cm³/mol. The molecule has 2 aromatic carbocycles. The highest BCUT2D eigenvalue weighted by atomic mass is 19.1. The molecule has 0 radical (unpaired) electrons. The first-order valence-electron chi connectivity index (χ1n) is 10.1. The van der Waals surface area contributed by atoms with Crippen LogP contribution in [0, 0.1) is 24.1 Å². The van der Waals surface area contributed by atoms with E-state index in [2.05, 4.69) is 0 Å². The smallest absolute Gasteiger partial charge is 0.258 e. The minimum atomic E-state index is -0.940. The Morgan fingerprint density at radius 2 is 1.94 bits per heavy atom. The van der Waals surface area contributed by atoms with Crippen LogP contribution in [-0.4, -0.2) is 11.7 Å². The Kier molecular flexibility index (Phi) is 5.69. The van der Waals surface area contributed by atoms with Crippen molar-refractivity contribution in [3.63, 3.8) is 0 Å². The Hall–Kier alpha value is -4.05. The van der Waals surface area contributed by atoms with Crippen molar-refractivity contribution < 1.29 is 13.9 Å². The van der Waals surface area contributed by atoms with Crippen molar-refractivity contribution in [2.24, 2.45) is 5.73 Å². The van der Waals surface area contributed by atoms with E-state index >= 15 is 0 Å². The van der Waals surface area contributed by atoms with Crippen molar-refractivity contribution >= 4 is 0 Å². The highest BCUT2D eigenvalue weighted by Gasteiger charge is 2.35. The molecule has 1 unspecified atom stereocenters. The van der Waals surface area contributed by atoms with Crippen LogP contribution >= 0.6 is 0 Å². The highest BCUT2D eigenvalue weighted by Crippen LogP contribution is 2.41.